The highest BCUT2D eigenvalue weighted by Crippen LogP contribution is 2.49. The lowest BCUT2D eigenvalue weighted by Gasteiger charge is -2.39. The third-order valence-corrected chi connectivity index (χ3v) is 8.18. The summed E-state index contributed by atoms with van der Waals surface area (Å²) in [7, 11) is 0. The standard InChI is InChI=1S/C27H30N4O5/c32-16-20-22-15-30-21(8-7-19(26(30)34)17-4-1-2-5-17)24(23(20)27(35)29-10-12-36-13-11-29)31(22)25(33)18-6-3-9-28-14-18/h3-4,6-9,14,20,22-24,32H,1-2,5,10-13,15-16H2/t20-,22-,23+,24+/m1/s1. The van der Waals surface area contributed by atoms with E-state index in [1.165, 1.54) is 6.20 Å². The molecule has 0 radical (unpaired) electrons. The maximum absolute atomic E-state index is 13.9. The smallest absolute Gasteiger partial charge is 0.258 e. The number of rotatable bonds is 4. The fraction of sp³-hybridized carbons (Fsp3) is 0.481. The van der Waals surface area contributed by atoms with Crippen LogP contribution >= 0.6 is 0 Å². The van der Waals surface area contributed by atoms with Gasteiger partial charge in [0.15, 0.2) is 0 Å². The minimum Gasteiger partial charge on any atom is -0.396 e. The average molecular weight is 491 g/mol. The quantitative estimate of drug-likeness (QED) is 0.696. The molecule has 2 amide bonds. The summed E-state index contributed by atoms with van der Waals surface area (Å²) in [5, 5.41) is 10.5. The molecule has 1 aliphatic carbocycles. The van der Waals surface area contributed by atoms with Crippen molar-refractivity contribution in [3.63, 3.8) is 0 Å². The van der Waals surface area contributed by atoms with E-state index in [-0.39, 0.29) is 30.5 Å². The van der Waals surface area contributed by atoms with E-state index in [2.05, 4.69) is 11.1 Å². The molecule has 9 nitrogen and oxygen atoms in total. The molecule has 3 aliphatic heterocycles. The minimum absolute atomic E-state index is 0.0831. The van der Waals surface area contributed by atoms with Crippen molar-refractivity contribution in [2.24, 2.45) is 11.8 Å². The second-order valence-corrected chi connectivity index (χ2v) is 9.99. The lowest BCUT2D eigenvalue weighted by atomic mass is 9.86. The van der Waals surface area contributed by atoms with Gasteiger partial charge in [0, 0.05) is 55.8 Å². The Hall–Kier alpha value is -3.30. The number of pyridine rings is 2. The predicted octanol–water partition coefficient (Wildman–Crippen LogP) is 1.47. The summed E-state index contributed by atoms with van der Waals surface area (Å²) >= 11 is 0. The van der Waals surface area contributed by atoms with Crippen LogP contribution in [0.4, 0.5) is 0 Å². The van der Waals surface area contributed by atoms with Gasteiger partial charge in [0.05, 0.1) is 36.8 Å². The highest BCUT2D eigenvalue weighted by molar-refractivity contribution is 5.95. The second-order valence-electron chi connectivity index (χ2n) is 9.99. The largest absolute Gasteiger partial charge is 0.396 e. The molecule has 2 aromatic heterocycles. The number of hydrogen-bond donors (Lipinski definition) is 1. The van der Waals surface area contributed by atoms with Gasteiger partial charge in [0.1, 0.15) is 0 Å². The summed E-state index contributed by atoms with van der Waals surface area (Å²) in [6.45, 7) is 1.87. The Bertz CT molecular complexity index is 1270. The van der Waals surface area contributed by atoms with Gasteiger partial charge in [0.25, 0.3) is 11.5 Å². The van der Waals surface area contributed by atoms with Crippen LogP contribution in [0.25, 0.3) is 5.57 Å². The van der Waals surface area contributed by atoms with Crippen LogP contribution in [-0.4, -0.2) is 75.2 Å². The zero-order valence-corrected chi connectivity index (χ0v) is 20.1. The van der Waals surface area contributed by atoms with Crippen molar-refractivity contribution in [2.45, 2.75) is 37.9 Å². The van der Waals surface area contributed by atoms with Crippen LogP contribution in [0.15, 0.2) is 47.5 Å². The molecule has 188 valence electrons. The van der Waals surface area contributed by atoms with Crippen LogP contribution in [0.1, 0.15) is 46.9 Å². The number of nitrogens with zero attached hydrogens (tertiary/aromatic N) is 4. The number of aromatic nitrogens is 2. The molecule has 2 fully saturated rings. The van der Waals surface area contributed by atoms with Gasteiger partial charge in [0.2, 0.25) is 5.91 Å². The maximum atomic E-state index is 13.9. The van der Waals surface area contributed by atoms with Gasteiger partial charge < -0.3 is 24.2 Å². The molecule has 0 spiro atoms. The first-order valence-electron chi connectivity index (χ1n) is 12.7. The van der Waals surface area contributed by atoms with E-state index in [0.717, 1.165) is 24.8 Å². The number of aliphatic hydroxyl groups is 1. The monoisotopic (exact) mass is 490 g/mol. The highest BCUT2D eigenvalue weighted by atomic mass is 16.5. The molecule has 0 unspecified atom stereocenters. The van der Waals surface area contributed by atoms with Gasteiger partial charge in [-0.1, -0.05) is 6.08 Å². The number of carbonyl (C=O) groups excluding carboxylic acids is 2. The Kier molecular flexibility index (Phi) is 5.97. The van der Waals surface area contributed by atoms with E-state index in [9.17, 15) is 19.5 Å². The zero-order valence-electron chi connectivity index (χ0n) is 20.1. The lowest BCUT2D eigenvalue weighted by molar-refractivity contribution is -0.142. The van der Waals surface area contributed by atoms with Gasteiger partial charge in [-0.15, -0.1) is 0 Å². The number of carbonyl (C=O) groups is 2. The van der Waals surface area contributed by atoms with Crippen LogP contribution in [0, 0.1) is 11.8 Å². The van der Waals surface area contributed by atoms with Crippen molar-refractivity contribution in [3.8, 4) is 0 Å². The van der Waals surface area contributed by atoms with E-state index < -0.39 is 23.9 Å². The Morgan fingerprint density at radius 1 is 1.17 bits per heavy atom. The molecule has 36 heavy (non-hydrogen) atoms. The van der Waals surface area contributed by atoms with Gasteiger partial charge >= 0.3 is 0 Å². The molecular formula is C27H30N4O5. The summed E-state index contributed by atoms with van der Waals surface area (Å²) in [5.74, 6) is -1.48. The summed E-state index contributed by atoms with van der Waals surface area (Å²) in [6, 6.07) is 6.03. The zero-order chi connectivity index (χ0) is 24.8. The summed E-state index contributed by atoms with van der Waals surface area (Å²) in [5.41, 5.74) is 2.75. The third-order valence-electron chi connectivity index (χ3n) is 8.18. The maximum Gasteiger partial charge on any atom is 0.258 e. The molecule has 2 aromatic rings. The number of ether oxygens (including phenoxy) is 1. The number of allylic oxidation sites excluding steroid dienone is 2. The van der Waals surface area contributed by atoms with Crippen LogP contribution in [0.5, 0.6) is 0 Å². The molecule has 5 heterocycles. The van der Waals surface area contributed by atoms with Crippen molar-refractivity contribution in [3.05, 3.63) is 69.9 Å². The summed E-state index contributed by atoms with van der Waals surface area (Å²) in [4.78, 5) is 49.0. The predicted molar refractivity (Wildman–Crippen MR) is 131 cm³/mol. The first kappa shape index (κ1) is 23.1. The normalized spacial score (nSPS) is 27.1. The molecule has 4 atom stereocenters. The van der Waals surface area contributed by atoms with Gasteiger partial charge in [-0.25, -0.2) is 0 Å². The number of morpholine rings is 1. The van der Waals surface area contributed by atoms with Crippen LogP contribution in [0.3, 0.4) is 0 Å². The van der Waals surface area contributed by atoms with Crippen molar-refractivity contribution >= 4 is 17.4 Å². The minimum atomic E-state index is -0.650. The van der Waals surface area contributed by atoms with Crippen molar-refractivity contribution in [2.75, 3.05) is 32.9 Å². The van der Waals surface area contributed by atoms with Crippen LogP contribution in [-0.2, 0) is 16.1 Å². The first-order valence-corrected chi connectivity index (χ1v) is 12.7. The molecular weight excluding hydrogens is 460 g/mol. The third kappa shape index (κ3) is 3.60. The van der Waals surface area contributed by atoms with Crippen molar-refractivity contribution in [1.82, 2.24) is 19.4 Å². The number of hydrogen-bond acceptors (Lipinski definition) is 6. The van der Waals surface area contributed by atoms with Crippen LogP contribution < -0.4 is 5.56 Å². The molecule has 1 N–H and O–H groups in total. The summed E-state index contributed by atoms with van der Waals surface area (Å²) in [6.07, 6.45) is 8.14. The fourth-order valence-corrected chi connectivity index (χ4v) is 6.46. The summed E-state index contributed by atoms with van der Waals surface area (Å²) < 4.78 is 7.18. The molecule has 2 bridgehead atoms. The molecule has 0 aromatic carbocycles. The Balaban J connectivity index is 1.48. The number of amides is 2. The Morgan fingerprint density at radius 3 is 2.69 bits per heavy atom. The molecule has 9 heteroatoms. The fourth-order valence-electron chi connectivity index (χ4n) is 6.46. The SMILES string of the molecule is O=C([C@H]1[C@H](CO)[C@H]2Cn3c(ccc(C4=CCCC4)c3=O)[C@@H]1N2C(=O)c1cccnc1)N1CCOCC1. The number of fused-ring (bicyclic) bond motifs is 4. The van der Waals surface area contributed by atoms with Crippen LogP contribution in [0.2, 0.25) is 0 Å². The highest BCUT2D eigenvalue weighted by Gasteiger charge is 2.58. The van der Waals surface area contributed by atoms with E-state index in [4.69, 9.17) is 4.74 Å². The Morgan fingerprint density at radius 2 is 2.00 bits per heavy atom. The van der Waals surface area contributed by atoms with Gasteiger partial charge in [-0.05, 0) is 49.1 Å². The van der Waals surface area contributed by atoms with Gasteiger partial charge in [-0.2, -0.15) is 0 Å². The van der Waals surface area contributed by atoms with E-state index in [0.29, 0.717) is 43.1 Å². The molecule has 0 saturated carbocycles. The molecule has 4 aliphatic rings. The molecule has 6 rings (SSSR count). The lowest BCUT2D eigenvalue weighted by Crippen LogP contribution is -2.49. The van der Waals surface area contributed by atoms with E-state index in [1.807, 2.05) is 12.1 Å². The van der Waals surface area contributed by atoms with E-state index >= 15 is 0 Å². The van der Waals surface area contributed by atoms with Gasteiger partial charge in [-0.3, -0.25) is 19.4 Å². The second kappa shape index (κ2) is 9.29. The van der Waals surface area contributed by atoms with Crippen molar-refractivity contribution in [1.29, 1.82) is 0 Å². The molecule has 2 saturated heterocycles. The topological polar surface area (TPSA) is 105 Å². The number of aliphatic hydroxyl groups excluding tert-OH is 1. The first-order chi connectivity index (χ1) is 17.6. The average Bonchev–Trinajstić information content (AvgIpc) is 3.53. The Labute approximate surface area is 209 Å². The van der Waals surface area contributed by atoms with Crippen molar-refractivity contribution < 1.29 is 19.4 Å². The van der Waals surface area contributed by atoms with E-state index in [1.54, 1.807) is 32.7 Å².